The molecule has 3 heterocycles. The van der Waals surface area contributed by atoms with Crippen LogP contribution in [-0.2, 0) is 16.0 Å². The number of pyridine rings is 1. The fourth-order valence-electron chi connectivity index (χ4n) is 3.54. The number of benzene rings is 1. The van der Waals surface area contributed by atoms with E-state index in [9.17, 15) is 5.26 Å². The molecule has 1 N–H and O–H groups in total. The second-order valence-corrected chi connectivity index (χ2v) is 7.21. The maximum atomic E-state index is 9.38. The van der Waals surface area contributed by atoms with E-state index in [0.717, 1.165) is 42.9 Å². The molecule has 1 spiro atoms. The van der Waals surface area contributed by atoms with Gasteiger partial charge in [0, 0.05) is 37.5 Å². The van der Waals surface area contributed by atoms with Crippen molar-refractivity contribution in [1.29, 1.82) is 5.26 Å². The lowest BCUT2D eigenvalue weighted by Crippen LogP contribution is -2.45. The number of halogens is 1. The summed E-state index contributed by atoms with van der Waals surface area (Å²) in [7, 11) is 0. The number of hydrogen-bond acceptors (Lipinski definition) is 6. The molecule has 0 aliphatic carbocycles. The highest BCUT2D eigenvalue weighted by Gasteiger charge is 2.39. The van der Waals surface area contributed by atoms with Gasteiger partial charge in [-0.3, -0.25) is 0 Å². The Hall–Kier alpha value is -2.33. The van der Waals surface area contributed by atoms with Gasteiger partial charge in [-0.15, -0.1) is 0 Å². The van der Waals surface area contributed by atoms with Crippen molar-refractivity contribution in [1.82, 2.24) is 4.98 Å². The molecule has 0 unspecified atom stereocenters. The van der Waals surface area contributed by atoms with Crippen molar-refractivity contribution < 1.29 is 9.47 Å². The molecule has 1 aromatic carbocycles. The van der Waals surface area contributed by atoms with Crippen LogP contribution in [0.4, 0.5) is 11.4 Å². The largest absolute Gasteiger partial charge is 0.379 e. The summed E-state index contributed by atoms with van der Waals surface area (Å²) in [6.45, 7) is 3.63. The van der Waals surface area contributed by atoms with Crippen LogP contribution in [-0.4, -0.2) is 37.1 Å². The first-order valence-electron chi connectivity index (χ1n) is 9.09. The van der Waals surface area contributed by atoms with Crippen molar-refractivity contribution >= 4 is 23.0 Å². The van der Waals surface area contributed by atoms with Crippen LogP contribution >= 0.6 is 11.6 Å². The summed E-state index contributed by atoms with van der Waals surface area (Å²) in [6, 6.07) is 11.8. The zero-order chi connectivity index (χ0) is 18.7. The quantitative estimate of drug-likeness (QED) is 0.869. The zero-order valence-electron chi connectivity index (χ0n) is 14.9. The SMILES string of the molecule is N#Cc1ncc(N2CCC3(CC2)OCCO3)cc1NCc1ccc(Cl)cc1. The fourth-order valence-corrected chi connectivity index (χ4v) is 3.67. The van der Waals surface area contributed by atoms with Gasteiger partial charge in [-0.2, -0.15) is 5.26 Å². The van der Waals surface area contributed by atoms with E-state index in [1.165, 1.54) is 0 Å². The highest BCUT2D eigenvalue weighted by molar-refractivity contribution is 6.30. The van der Waals surface area contributed by atoms with Crippen LogP contribution in [0.5, 0.6) is 0 Å². The maximum Gasteiger partial charge on any atom is 0.171 e. The summed E-state index contributed by atoms with van der Waals surface area (Å²) < 4.78 is 11.6. The number of nitrogens with one attached hydrogen (secondary N) is 1. The van der Waals surface area contributed by atoms with Crippen molar-refractivity contribution in [3.8, 4) is 6.07 Å². The average Bonchev–Trinajstić information content (AvgIpc) is 3.16. The molecular weight excluding hydrogens is 364 g/mol. The standard InChI is InChI=1S/C20H21ClN4O2/c21-16-3-1-15(2-4-16)13-23-18-11-17(14-24-19(18)12-22)25-7-5-20(6-8-25)26-9-10-27-20/h1-4,11,14,23H,5-10,13H2. The lowest BCUT2D eigenvalue weighted by Gasteiger charge is -2.38. The molecule has 0 amide bonds. The average molecular weight is 385 g/mol. The van der Waals surface area contributed by atoms with Gasteiger partial charge < -0.3 is 19.7 Å². The molecule has 4 rings (SSSR count). The summed E-state index contributed by atoms with van der Waals surface area (Å²) in [6.07, 6.45) is 3.43. The van der Waals surface area contributed by atoms with Crippen LogP contribution in [0, 0.1) is 11.3 Å². The Labute approximate surface area is 163 Å². The molecule has 7 heteroatoms. The Morgan fingerprint density at radius 1 is 1.19 bits per heavy atom. The normalized spacial score (nSPS) is 18.4. The van der Waals surface area contributed by atoms with Gasteiger partial charge in [0.25, 0.3) is 0 Å². The Morgan fingerprint density at radius 3 is 2.56 bits per heavy atom. The smallest absolute Gasteiger partial charge is 0.171 e. The molecule has 0 radical (unpaired) electrons. The molecule has 6 nitrogen and oxygen atoms in total. The summed E-state index contributed by atoms with van der Waals surface area (Å²) in [4.78, 5) is 6.60. The van der Waals surface area contributed by atoms with Crippen molar-refractivity contribution in [2.24, 2.45) is 0 Å². The molecule has 27 heavy (non-hydrogen) atoms. The molecular formula is C20H21ClN4O2. The van der Waals surface area contributed by atoms with Crippen LogP contribution in [0.1, 0.15) is 24.1 Å². The van der Waals surface area contributed by atoms with Crippen LogP contribution < -0.4 is 10.2 Å². The number of hydrogen-bond donors (Lipinski definition) is 1. The van der Waals surface area contributed by atoms with Gasteiger partial charge in [0.1, 0.15) is 6.07 Å². The van der Waals surface area contributed by atoms with Gasteiger partial charge in [0.2, 0.25) is 0 Å². The molecule has 0 atom stereocenters. The van der Waals surface area contributed by atoms with Crippen molar-refractivity contribution in [2.45, 2.75) is 25.2 Å². The first-order chi connectivity index (χ1) is 13.2. The molecule has 140 valence electrons. The van der Waals surface area contributed by atoms with E-state index in [4.69, 9.17) is 21.1 Å². The number of nitriles is 1. The van der Waals surface area contributed by atoms with Gasteiger partial charge >= 0.3 is 0 Å². The van der Waals surface area contributed by atoms with E-state index in [0.29, 0.717) is 30.5 Å². The second-order valence-electron chi connectivity index (χ2n) is 6.78. The summed E-state index contributed by atoms with van der Waals surface area (Å²) in [5, 5.41) is 13.4. The van der Waals surface area contributed by atoms with E-state index in [2.05, 4.69) is 21.3 Å². The van der Waals surface area contributed by atoms with E-state index in [1.54, 1.807) is 6.20 Å². The van der Waals surface area contributed by atoms with E-state index >= 15 is 0 Å². The number of ether oxygens (including phenoxy) is 2. The topological polar surface area (TPSA) is 70.4 Å². The third-order valence-corrected chi connectivity index (χ3v) is 5.33. The summed E-state index contributed by atoms with van der Waals surface area (Å²) in [5.41, 5.74) is 3.21. The van der Waals surface area contributed by atoms with Crippen molar-refractivity contribution in [3.63, 3.8) is 0 Å². The van der Waals surface area contributed by atoms with E-state index < -0.39 is 5.79 Å². The van der Waals surface area contributed by atoms with Crippen molar-refractivity contribution in [3.05, 3.63) is 52.8 Å². The predicted octanol–water partition coefficient (Wildman–Crippen LogP) is 3.56. The Balaban J connectivity index is 1.46. The number of anilines is 2. The second kappa shape index (κ2) is 7.73. The summed E-state index contributed by atoms with van der Waals surface area (Å²) in [5.74, 6) is -0.397. The Morgan fingerprint density at radius 2 is 1.89 bits per heavy atom. The molecule has 2 aliphatic heterocycles. The highest BCUT2D eigenvalue weighted by Crippen LogP contribution is 2.33. The van der Waals surface area contributed by atoms with Crippen molar-refractivity contribution in [2.75, 3.05) is 36.5 Å². The Bertz CT molecular complexity index is 834. The molecule has 2 saturated heterocycles. The maximum absolute atomic E-state index is 9.38. The highest BCUT2D eigenvalue weighted by atomic mass is 35.5. The predicted molar refractivity (Wildman–Crippen MR) is 104 cm³/mol. The molecule has 0 saturated carbocycles. The Kier molecular flexibility index (Phi) is 5.17. The van der Waals surface area contributed by atoms with Gasteiger partial charge in [0.05, 0.1) is 30.8 Å². The molecule has 1 aromatic heterocycles. The third kappa shape index (κ3) is 4.01. The van der Waals surface area contributed by atoms with Gasteiger partial charge in [0.15, 0.2) is 11.5 Å². The van der Waals surface area contributed by atoms with Gasteiger partial charge in [-0.05, 0) is 23.8 Å². The van der Waals surface area contributed by atoms with Crippen LogP contribution in [0.3, 0.4) is 0 Å². The molecule has 2 fully saturated rings. The monoisotopic (exact) mass is 384 g/mol. The minimum atomic E-state index is -0.397. The molecule has 2 aromatic rings. The molecule has 0 bridgehead atoms. The van der Waals surface area contributed by atoms with E-state index in [-0.39, 0.29) is 0 Å². The fraction of sp³-hybridized carbons (Fsp3) is 0.400. The van der Waals surface area contributed by atoms with Gasteiger partial charge in [-0.25, -0.2) is 4.98 Å². The number of aromatic nitrogens is 1. The minimum Gasteiger partial charge on any atom is -0.379 e. The summed E-state index contributed by atoms with van der Waals surface area (Å²) >= 11 is 5.93. The van der Waals surface area contributed by atoms with Crippen LogP contribution in [0.15, 0.2) is 36.5 Å². The number of piperidine rings is 1. The van der Waals surface area contributed by atoms with E-state index in [1.807, 2.05) is 30.3 Å². The first-order valence-corrected chi connectivity index (χ1v) is 9.47. The lowest BCUT2D eigenvalue weighted by molar-refractivity contribution is -0.169. The first kappa shape index (κ1) is 18.1. The lowest BCUT2D eigenvalue weighted by atomic mass is 10.0. The molecule has 2 aliphatic rings. The van der Waals surface area contributed by atoms with Crippen LogP contribution in [0.2, 0.25) is 5.02 Å². The zero-order valence-corrected chi connectivity index (χ0v) is 15.7. The minimum absolute atomic E-state index is 0.392. The van der Waals surface area contributed by atoms with Crippen LogP contribution in [0.25, 0.3) is 0 Å². The van der Waals surface area contributed by atoms with Gasteiger partial charge in [-0.1, -0.05) is 23.7 Å². The third-order valence-electron chi connectivity index (χ3n) is 5.08. The number of rotatable bonds is 4. The number of nitrogens with zero attached hydrogens (tertiary/aromatic N) is 3.